The first-order chi connectivity index (χ1) is 18.3. The van der Waals surface area contributed by atoms with Crippen molar-refractivity contribution in [1.82, 2.24) is 14.9 Å². The zero-order valence-corrected chi connectivity index (χ0v) is 22.7. The molecule has 1 saturated heterocycles. The fourth-order valence-electron chi connectivity index (χ4n) is 4.59. The average Bonchev–Trinajstić information content (AvgIpc) is 3.65. The third-order valence-corrected chi connectivity index (χ3v) is 6.88. The maximum Gasteiger partial charge on any atom is 0.229 e. The first kappa shape index (κ1) is 25.5. The van der Waals surface area contributed by atoms with E-state index in [4.69, 9.17) is 21.4 Å². The molecule has 1 amide bonds. The molecule has 2 N–H and O–H groups in total. The minimum atomic E-state index is -0.537. The second-order valence-electron chi connectivity index (χ2n) is 10.2. The van der Waals surface area contributed by atoms with Gasteiger partial charge in [-0.3, -0.25) is 9.78 Å². The van der Waals surface area contributed by atoms with Crippen molar-refractivity contribution in [3.05, 3.63) is 96.5 Å². The number of rotatable bonds is 7. The molecule has 1 aliphatic heterocycles. The van der Waals surface area contributed by atoms with Gasteiger partial charge in [0.1, 0.15) is 17.6 Å². The third kappa shape index (κ3) is 5.02. The molecule has 8 nitrogen and oxygen atoms in total. The molecule has 0 spiro atoms. The highest BCUT2D eigenvalue weighted by molar-refractivity contribution is 7.80. The number of nitrogens with zero attached hydrogens (tertiary/aromatic N) is 3. The Labute approximate surface area is 227 Å². The van der Waals surface area contributed by atoms with Gasteiger partial charge in [-0.25, -0.2) is 0 Å². The predicted molar refractivity (Wildman–Crippen MR) is 151 cm³/mol. The highest BCUT2D eigenvalue weighted by Gasteiger charge is 2.42. The molecule has 1 aliphatic rings. The van der Waals surface area contributed by atoms with Crippen molar-refractivity contribution >= 4 is 34.6 Å². The maximum atomic E-state index is 12.6. The Morgan fingerprint density at radius 1 is 1.16 bits per heavy atom. The van der Waals surface area contributed by atoms with Crippen LogP contribution in [0.25, 0.3) is 0 Å². The smallest absolute Gasteiger partial charge is 0.229 e. The Morgan fingerprint density at radius 3 is 2.68 bits per heavy atom. The van der Waals surface area contributed by atoms with Gasteiger partial charge in [-0.1, -0.05) is 26.8 Å². The summed E-state index contributed by atoms with van der Waals surface area (Å²) in [7, 11) is 1.59. The summed E-state index contributed by atoms with van der Waals surface area (Å²) in [4.78, 5) is 19.4. The van der Waals surface area contributed by atoms with Crippen molar-refractivity contribution in [2.75, 3.05) is 17.3 Å². The van der Waals surface area contributed by atoms with E-state index in [2.05, 4.69) is 31.2 Å². The van der Waals surface area contributed by atoms with E-state index in [1.165, 1.54) is 0 Å². The lowest BCUT2D eigenvalue weighted by Crippen LogP contribution is -2.31. The first-order valence-electron chi connectivity index (χ1n) is 12.4. The van der Waals surface area contributed by atoms with Crippen LogP contribution in [-0.4, -0.2) is 27.7 Å². The van der Waals surface area contributed by atoms with Crippen LogP contribution in [0.1, 0.15) is 50.0 Å². The minimum absolute atomic E-state index is 0.0919. The van der Waals surface area contributed by atoms with Crippen molar-refractivity contribution < 1.29 is 13.9 Å². The molecule has 0 bridgehead atoms. The number of pyridine rings is 1. The molecule has 0 unspecified atom stereocenters. The van der Waals surface area contributed by atoms with Crippen molar-refractivity contribution in [1.29, 1.82) is 0 Å². The van der Waals surface area contributed by atoms with E-state index in [0.29, 0.717) is 23.1 Å². The summed E-state index contributed by atoms with van der Waals surface area (Å²) in [6, 6.07) is 19.2. The summed E-state index contributed by atoms with van der Waals surface area (Å²) in [5.74, 6) is 1.32. The monoisotopic (exact) mass is 529 g/mol. The van der Waals surface area contributed by atoms with Crippen LogP contribution in [0.15, 0.2) is 83.7 Å². The van der Waals surface area contributed by atoms with Crippen LogP contribution in [-0.2, 0) is 11.3 Å². The van der Waals surface area contributed by atoms with E-state index in [-0.39, 0.29) is 18.0 Å². The van der Waals surface area contributed by atoms with Gasteiger partial charge in [-0.05, 0) is 60.7 Å². The summed E-state index contributed by atoms with van der Waals surface area (Å²) in [5, 5.41) is 7.05. The standard InChI is InChI=1S/C29H31N5O3S/c1-29(2,3)27(35)31-21-13-12-19(17-24(21)36-4)34-26(25(32-28(34)38)22-10-5-6-14-30-22)23-11-7-15-33(23)18-20-9-8-16-37-20/h5-17,25-26H,18H2,1-4H3,(H,31,35)(H,32,38)/t25-,26+/m1/s1. The molecule has 4 heterocycles. The quantitative estimate of drug-likeness (QED) is 0.297. The van der Waals surface area contributed by atoms with E-state index >= 15 is 0 Å². The topological polar surface area (TPSA) is 84.6 Å². The Hall–Kier alpha value is -4.11. The molecule has 3 aromatic heterocycles. The number of carbonyl (C=O) groups excluding carboxylic acids is 1. The van der Waals surface area contributed by atoms with Gasteiger partial charge in [-0.15, -0.1) is 0 Å². The molecule has 0 saturated carbocycles. The Kier molecular flexibility index (Phi) is 6.94. The maximum absolute atomic E-state index is 12.6. The number of hydrogen-bond acceptors (Lipinski definition) is 5. The summed E-state index contributed by atoms with van der Waals surface area (Å²) < 4.78 is 13.5. The molecule has 9 heteroatoms. The second-order valence-corrected chi connectivity index (χ2v) is 10.6. The van der Waals surface area contributed by atoms with Crippen LogP contribution in [0, 0.1) is 5.41 Å². The number of carbonyl (C=O) groups is 1. The predicted octanol–water partition coefficient (Wildman–Crippen LogP) is 5.69. The number of nitrogens with one attached hydrogen (secondary N) is 2. The number of furan rings is 1. The van der Waals surface area contributed by atoms with E-state index in [1.807, 2.05) is 81.6 Å². The molecule has 2 atom stereocenters. The number of ether oxygens (including phenoxy) is 1. The third-order valence-electron chi connectivity index (χ3n) is 6.56. The van der Waals surface area contributed by atoms with Crippen LogP contribution >= 0.6 is 12.2 Å². The zero-order valence-electron chi connectivity index (χ0n) is 21.8. The minimum Gasteiger partial charge on any atom is -0.494 e. The van der Waals surface area contributed by atoms with Gasteiger partial charge >= 0.3 is 0 Å². The Balaban J connectivity index is 1.56. The fourth-order valence-corrected chi connectivity index (χ4v) is 4.93. The van der Waals surface area contributed by atoms with Gasteiger partial charge in [0.05, 0.1) is 37.3 Å². The van der Waals surface area contributed by atoms with E-state index in [9.17, 15) is 4.79 Å². The van der Waals surface area contributed by atoms with E-state index in [0.717, 1.165) is 22.8 Å². The summed E-state index contributed by atoms with van der Waals surface area (Å²) >= 11 is 5.89. The number of hydrogen-bond donors (Lipinski definition) is 2. The van der Waals surface area contributed by atoms with Gasteiger partial charge < -0.3 is 29.3 Å². The molecule has 38 heavy (non-hydrogen) atoms. The molecule has 1 fully saturated rings. The SMILES string of the molecule is COc1cc(N2C(=S)N[C@H](c3ccccn3)[C@@H]2c2cccn2Cc2ccco2)ccc1NC(=O)C(C)(C)C. The molecule has 1 aromatic carbocycles. The van der Waals surface area contributed by atoms with Crippen LogP contribution in [0.5, 0.6) is 5.75 Å². The van der Waals surface area contributed by atoms with Gasteiger partial charge in [0.15, 0.2) is 5.11 Å². The van der Waals surface area contributed by atoms with Crippen LogP contribution in [0.2, 0.25) is 0 Å². The molecular formula is C29H31N5O3S. The molecule has 0 radical (unpaired) electrons. The second kappa shape index (κ2) is 10.3. The van der Waals surface area contributed by atoms with E-state index in [1.54, 1.807) is 19.6 Å². The Morgan fingerprint density at radius 2 is 2.00 bits per heavy atom. The number of anilines is 2. The van der Waals surface area contributed by atoms with Crippen LogP contribution in [0.3, 0.4) is 0 Å². The van der Waals surface area contributed by atoms with Gasteiger partial charge in [-0.2, -0.15) is 0 Å². The lowest BCUT2D eigenvalue weighted by Gasteiger charge is -2.29. The number of thiocarbonyl (C=S) groups is 1. The fraction of sp³-hybridized carbons (Fsp3) is 0.276. The number of amides is 1. The summed E-state index contributed by atoms with van der Waals surface area (Å²) in [5.41, 5.74) is 2.84. The van der Waals surface area contributed by atoms with Gasteiger partial charge in [0.2, 0.25) is 5.91 Å². The molecule has 4 aromatic rings. The lowest BCUT2D eigenvalue weighted by molar-refractivity contribution is -0.123. The number of aromatic nitrogens is 2. The normalized spacial score (nSPS) is 17.4. The number of benzene rings is 1. The van der Waals surface area contributed by atoms with Gasteiger partial charge in [0.25, 0.3) is 0 Å². The summed E-state index contributed by atoms with van der Waals surface area (Å²) in [6.07, 6.45) is 5.51. The van der Waals surface area contributed by atoms with E-state index < -0.39 is 5.41 Å². The first-order valence-corrected chi connectivity index (χ1v) is 12.8. The van der Waals surface area contributed by atoms with Crippen LogP contribution in [0.4, 0.5) is 11.4 Å². The summed E-state index contributed by atoms with van der Waals surface area (Å²) in [6.45, 7) is 6.20. The Bertz CT molecular complexity index is 1430. The van der Waals surface area contributed by atoms with Crippen molar-refractivity contribution in [3.8, 4) is 5.75 Å². The molecular weight excluding hydrogens is 498 g/mol. The largest absolute Gasteiger partial charge is 0.494 e. The zero-order chi connectivity index (χ0) is 26.9. The average molecular weight is 530 g/mol. The van der Waals surface area contributed by atoms with Crippen LogP contribution < -0.4 is 20.3 Å². The van der Waals surface area contributed by atoms with Crippen molar-refractivity contribution in [2.45, 2.75) is 39.4 Å². The highest BCUT2D eigenvalue weighted by Crippen LogP contribution is 2.43. The van der Waals surface area contributed by atoms with Crippen molar-refractivity contribution in [3.63, 3.8) is 0 Å². The lowest BCUT2D eigenvalue weighted by atomic mass is 9.95. The van der Waals surface area contributed by atoms with Crippen molar-refractivity contribution in [2.24, 2.45) is 5.41 Å². The van der Waals surface area contributed by atoms with Gasteiger partial charge in [0, 0.05) is 35.3 Å². The number of methoxy groups -OCH3 is 1. The highest BCUT2D eigenvalue weighted by atomic mass is 32.1. The molecule has 0 aliphatic carbocycles. The molecule has 196 valence electrons. The molecule has 5 rings (SSSR count).